The molecule has 1 aromatic rings. The van der Waals surface area contributed by atoms with E-state index in [0.29, 0.717) is 17.7 Å². The lowest BCUT2D eigenvalue weighted by Gasteiger charge is -2.42. The third-order valence-electron chi connectivity index (χ3n) is 3.80. The highest BCUT2D eigenvalue weighted by atomic mass is 16.1. The molecule has 0 unspecified atom stereocenters. The van der Waals surface area contributed by atoms with E-state index in [2.05, 4.69) is 21.8 Å². The molecule has 2 aliphatic rings. The molecule has 4 heteroatoms. The fourth-order valence-electron chi connectivity index (χ4n) is 2.71. The van der Waals surface area contributed by atoms with Gasteiger partial charge in [0.2, 0.25) is 0 Å². The van der Waals surface area contributed by atoms with Crippen LogP contribution in [0.15, 0.2) is 6.20 Å². The lowest BCUT2D eigenvalue weighted by atomic mass is 9.88. The average molecular weight is 231 g/mol. The van der Waals surface area contributed by atoms with Crippen molar-refractivity contribution in [3.63, 3.8) is 0 Å². The molecule has 1 fully saturated rings. The van der Waals surface area contributed by atoms with E-state index in [4.69, 9.17) is 0 Å². The maximum absolute atomic E-state index is 10.7. The molecule has 0 N–H and O–H groups in total. The van der Waals surface area contributed by atoms with Gasteiger partial charge in [-0.05, 0) is 31.6 Å². The highest BCUT2D eigenvalue weighted by Crippen LogP contribution is 2.34. The molecule has 4 nitrogen and oxygen atoms in total. The highest BCUT2D eigenvalue weighted by Gasteiger charge is 2.32. The molecular weight excluding hydrogens is 214 g/mol. The average Bonchev–Trinajstić information content (AvgIpc) is 2.25. The Hall–Kier alpha value is -1.45. The lowest BCUT2D eigenvalue weighted by Crippen LogP contribution is -2.46. The van der Waals surface area contributed by atoms with E-state index in [-0.39, 0.29) is 0 Å². The van der Waals surface area contributed by atoms with Crippen LogP contribution in [0, 0.1) is 5.92 Å². The van der Waals surface area contributed by atoms with Gasteiger partial charge in [0.15, 0.2) is 12.1 Å². The summed E-state index contributed by atoms with van der Waals surface area (Å²) in [7, 11) is 0. The minimum atomic E-state index is 0.450. The largest absolute Gasteiger partial charge is 0.352 e. The summed E-state index contributed by atoms with van der Waals surface area (Å²) in [6.45, 7) is 3.32. The summed E-state index contributed by atoms with van der Waals surface area (Å²) in [6, 6.07) is 0.646. The first kappa shape index (κ1) is 10.7. The molecule has 17 heavy (non-hydrogen) atoms. The minimum Gasteiger partial charge on any atom is -0.352 e. The third-order valence-corrected chi connectivity index (χ3v) is 3.80. The standard InChI is InChI=1S/C13H17N3O/c1-9-5-12-13(14-6-10(8-17)15-12)16(7-9)11-3-2-4-11/h6,8-9,11H,2-5,7H2,1H3/t9-/m0/s1. The van der Waals surface area contributed by atoms with E-state index >= 15 is 0 Å². The number of fused-ring (bicyclic) bond motifs is 1. The molecule has 0 radical (unpaired) electrons. The summed E-state index contributed by atoms with van der Waals surface area (Å²) in [6.07, 6.45) is 7.16. The molecule has 1 atom stereocenters. The first-order valence-corrected chi connectivity index (χ1v) is 6.35. The fourth-order valence-corrected chi connectivity index (χ4v) is 2.71. The predicted octanol–water partition coefficient (Wildman–Crippen LogP) is 1.84. The molecule has 0 spiro atoms. The Morgan fingerprint density at radius 1 is 1.47 bits per heavy atom. The van der Waals surface area contributed by atoms with Crippen LogP contribution in [0.4, 0.5) is 5.82 Å². The molecule has 0 aromatic carbocycles. The van der Waals surface area contributed by atoms with Crippen molar-refractivity contribution in [1.29, 1.82) is 0 Å². The zero-order chi connectivity index (χ0) is 11.8. The Morgan fingerprint density at radius 2 is 2.29 bits per heavy atom. The number of nitrogens with zero attached hydrogens (tertiary/aromatic N) is 3. The summed E-state index contributed by atoms with van der Waals surface area (Å²) >= 11 is 0. The van der Waals surface area contributed by atoms with Crippen LogP contribution in [-0.4, -0.2) is 28.8 Å². The molecule has 0 saturated heterocycles. The van der Waals surface area contributed by atoms with E-state index in [1.807, 2.05) is 0 Å². The smallest absolute Gasteiger partial charge is 0.170 e. The van der Waals surface area contributed by atoms with Gasteiger partial charge in [0.25, 0.3) is 0 Å². The summed E-state index contributed by atoms with van der Waals surface area (Å²) < 4.78 is 0. The molecule has 1 aliphatic heterocycles. The first-order valence-electron chi connectivity index (χ1n) is 6.35. The van der Waals surface area contributed by atoms with E-state index in [9.17, 15) is 4.79 Å². The topological polar surface area (TPSA) is 46.1 Å². The van der Waals surface area contributed by atoms with Gasteiger partial charge in [-0.15, -0.1) is 0 Å². The van der Waals surface area contributed by atoms with Crippen molar-refractivity contribution in [1.82, 2.24) is 9.97 Å². The summed E-state index contributed by atoms with van der Waals surface area (Å²) in [5, 5.41) is 0. The van der Waals surface area contributed by atoms with Gasteiger partial charge in [-0.2, -0.15) is 0 Å². The van der Waals surface area contributed by atoms with Crippen LogP contribution in [0.2, 0.25) is 0 Å². The molecule has 0 bridgehead atoms. The molecule has 0 amide bonds. The number of aldehydes is 1. The van der Waals surface area contributed by atoms with E-state index < -0.39 is 0 Å². The van der Waals surface area contributed by atoms with Crippen molar-refractivity contribution in [3.8, 4) is 0 Å². The van der Waals surface area contributed by atoms with Gasteiger partial charge in [-0.1, -0.05) is 6.92 Å². The molecule has 2 heterocycles. The highest BCUT2D eigenvalue weighted by molar-refractivity contribution is 5.71. The maximum atomic E-state index is 10.7. The second-order valence-electron chi connectivity index (χ2n) is 5.23. The zero-order valence-electron chi connectivity index (χ0n) is 10.1. The minimum absolute atomic E-state index is 0.450. The lowest BCUT2D eigenvalue weighted by molar-refractivity contribution is 0.111. The van der Waals surface area contributed by atoms with Crippen molar-refractivity contribution < 1.29 is 4.79 Å². The monoisotopic (exact) mass is 231 g/mol. The Morgan fingerprint density at radius 3 is 2.94 bits per heavy atom. The number of aromatic nitrogens is 2. The van der Waals surface area contributed by atoms with Crippen molar-refractivity contribution in [2.45, 2.75) is 38.6 Å². The van der Waals surface area contributed by atoms with Gasteiger partial charge >= 0.3 is 0 Å². The SMILES string of the molecule is C[C@H]1Cc2nc(C=O)cnc2N(C2CCC2)C1. The summed E-state index contributed by atoms with van der Waals surface area (Å²) in [5.74, 6) is 1.61. The van der Waals surface area contributed by atoms with Crippen LogP contribution in [-0.2, 0) is 6.42 Å². The van der Waals surface area contributed by atoms with Crippen LogP contribution in [0.1, 0.15) is 42.4 Å². The van der Waals surface area contributed by atoms with Crippen LogP contribution >= 0.6 is 0 Å². The molecule has 1 aromatic heterocycles. The van der Waals surface area contributed by atoms with Crippen molar-refractivity contribution >= 4 is 12.1 Å². The number of rotatable bonds is 2. The van der Waals surface area contributed by atoms with Crippen LogP contribution < -0.4 is 4.90 Å². The van der Waals surface area contributed by atoms with Crippen molar-refractivity contribution in [3.05, 3.63) is 17.6 Å². The second kappa shape index (κ2) is 4.09. The molecule has 1 aliphatic carbocycles. The van der Waals surface area contributed by atoms with E-state index in [1.165, 1.54) is 19.3 Å². The summed E-state index contributed by atoms with van der Waals surface area (Å²) in [4.78, 5) is 22.0. The molecule has 1 saturated carbocycles. The first-order chi connectivity index (χ1) is 8.28. The fraction of sp³-hybridized carbons (Fsp3) is 0.615. The quantitative estimate of drug-likeness (QED) is 0.729. The Bertz CT molecular complexity index is 442. The maximum Gasteiger partial charge on any atom is 0.170 e. The second-order valence-corrected chi connectivity index (χ2v) is 5.23. The van der Waals surface area contributed by atoms with E-state index in [1.54, 1.807) is 6.20 Å². The van der Waals surface area contributed by atoms with Crippen LogP contribution in [0.3, 0.4) is 0 Å². The Labute approximate surface area is 101 Å². The number of carbonyl (C=O) groups excluding carboxylic acids is 1. The van der Waals surface area contributed by atoms with Crippen molar-refractivity contribution in [2.75, 3.05) is 11.4 Å². The van der Waals surface area contributed by atoms with Gasteiger partial charge in [0, 0.05) is 12.6 Å². The van der Waals surface area contributed by atoms with Gasteiger partial charge in [-0.25, -0.2) is 9.97 Å². The molecule has 90 valence electrons. The van der Waals surface area contributed by atoms with Gasteiger partial charge in [-0.3, -0.25) is 4.79 Å². The zero-order valence-corrected chi connectivity index (χ0v) is 10.1. The molecular formula is C13H17N3O. The molecule has 3 rings (SSSR count). The van der Waals surface area contributed by atoms with Gasteiger partial charge in [0.05, 0.1) is 11.9 Å². The van der Waals surface area contributed by atoms with E-state index in [0.717, 1.165) is 30.8 Å². The predicted molar refractivity (Wildman–Crippen MR) is 65.3 cm³/mol. The number of carbonyl (C=O) groups is 1. The Balaban J connectivity index is 1.97. The van der Waals surface area contributed by atoms with Crippen LogP contribution in [0.5, 0.6) is 0 Å². The van der Waals surface area contributed by atoms with Crippen molar-refractivity contribution in [2.24, 2.45) is 5.92 Å². The van der Waals surface area contributed by atoms with Gasteiger partial charge in [0.1, 0.15) is 5.69 Å². The third kappa shape index (κ3) is 1.81. The van der Waals surface area contributed by atoms with Crippen LogP contribution in [0.25, 0.3) is 0 Å². The Kier molecular flexibility index (Phi) is 2.57. The number of anilines is 1. The number of hydrogen-bond acceptors (Lipinski definition) is 4. The summed E-state index contributed by atoms with van der Waals surface area (Å²) in [5.41, 5.74) is 1.45. The normalized spacial score (nSPS) is 24.1. The number of hydrogen-bond donors (Lipinski definition) is 0. The van der Waals surface area contributed by atoms with Gasteiger partial charge < -0.3 is 4.90 Å².